The van der Waals surface area contributed by atoms with Crippen LogP contribution in [0.3, 0.4) is 0 Å². The lowest BCUT2D eigenvalue weighted by atomic mass is 10.1. The van der Waals surface area contributed by atoms with Gasteiger partial charge in [-0.25, -0.2) is 0 Å². The van der Waals surface area contributed by atoms with E-state index in [0.29, 0.717) is 6.07 Å². The Kier molecular flexibility index (Phi) is 3.68. The van der Waals surface area contributed by atoms with Gasteiger partial charge in [-0.2, -0.15) is 18.4 Å². The minimum Gasteiger partial charge on any atom is -0.469 e. The first-order valence-electron chi connectivity index (χ1n) is 4.41. The van der Waals surface area contributed by atoms with Crippen molar-refractivity contribution in [2.24, 2.45) is 0 Å². The van der Waals surface area contributed by atoms with Crippen molar-refractivity contribution in [2.45, 2.75) is 12.6 Å². The number of esters is 1. The van der Waals surface area contributed by atoms with Crippen molar-refractivity contribution in [3.05, 3.63) is 29.1 Å². The average molecular weight is 244 g/mol. The Bertz CT molecular complexity index is 477. The average Bonchev–Trinajstić information content (AvgIpc) is 2.27. The fourth-order valence-corrected chi connectivity index (χ4v) is 1.13. The molecule has 1 heterocycles. The maximum Gasteiger partial charge on any atom is 0.433 e. The third-order valence-electron chi connectivity index (χ3n) is 1.96. The Morgan fingerprint density at radius 3 is 2.71 bits per heavy atom. The third kappa shape index (κ3) is 3.17. The van der Waals surface area contributed by atoms with Crippen molar-refractivity contribution in [1.82, 2.24) is 4.98 Å². The van der Waals surface area contributed by atoms with E-state index in [2.05, 4.69) is 9.72 Å². The molecule has 0 aromatic carbocycles. The van der Waals surface area contributed by atoms with E-state index in [0.717, 1.165) is 13.3 Å². The summed E-state index contributed by atoms with van der Waals surface area (Å²) in [5.41, 5.74) is -1.28. The van der Waals surface area contributed by atoms with Crippen LogP contribution < -0.4 is 0 Å². The molecule has 7 heteroatoms. The highest BCUT2D eigenvalue weighted by atomic mass is 19.4. The highest BCUT2D eigenvalue weighted by Gasteiger charge is 2.33. The van der Waals surface area contributed by atoms with E-state index in [9.17, 15) is 18.0 Å². The number of carbonyl (C=O) groups excluding carboxylic acids is 1. The van der Waals surface area contributed by atoms with Gasteiger partial charge in [0.2, 0.25) is 0 Å². The fourth-order valence-electron chi connectivity index (χ4n) is 1.13. The Morgan fingerprint density at radius 2 is 2.24 bits per heavy atom. The molecule has 0 aliphatic carbocycles. The lowest BCUT2D eigenvalue weighted by molar-refractivity contribution is -0.142. The van der Waals surface area contributed by atoms with E-state index in [1.54, 1.807) is 6.07 Å². The quantitative estimate of drug-likeness (QED) is 0.742. The summed E-state index contributed by atoms with van der Waals surface area (Å²) < 4.78 is 41.4. The zero-order chi connectivity index (χ0) is 13.1. The first-order chi connectivity index (χ1) is 7.88. The van der Waals surface area contributed by atoms with Crippen molar-refractivity contribution in [3.8, 4) is 6.07 Å². The molecule has 1 aromatic heterocycles. The Morgan fingerprint density at radius 1 is 1.59 bits per heavy atom. The maximum atomic E-state index is 12.4. The van der Waals surface area contributed by atoms with Crippen LogP contribution in [0.4, 0.5) is 13.2 Å². The van der Waals surface area contributed by atoms with E-state index in [-0.39, 0.29) is 11.1 Å². The van der Waals surface area contributed by atoms with Gasteiger partial charge in [0.1, 0.15) is 11.8 Å². The van der Waals surface area contributed by atoms with Gasteiger partial charge in [0.15, 0.2) is 0 Å². The van der Waals surface area contributed by atoms with Gasteiger partial charge in [-0.3, -0.25) is 9.78 Å². The zero-order valence-electron chi connectivity index (χ0n) is 8.71. The second-order valence-electron chi connectivity index (χ2n) is 3.09. The highest BCUT2D eigenvalue weighted by Crippen LogP contribution is 2.28. The van der Waals surface area contributed by atoms with Gasteiger partial charge in [0.25, 0.3) is 0 Å². The van der Waals surface area contributed by atoms with E-state index in [1.165, 1.54) is 0 Å². The summed E-state index contributed by atoms with van der Waals surface area (Å²) in [7, 11) is 1.11. The molecule has 90 valence electrons. The lowest BCUT2D eigenvalue weighted by Crippen LogP contribution is -2.12. The molecule has 0 atom stereocenters. The van der Waals surface area contributed by atoms with Gasteiger partial charge in [-0.05, 0) is 11.6 Å². The number of pyridine rings is 1. The summed E-state index contributed by atoms with van der Waals surface area (Å²) in [4.78, 5) is 14.1. The second kappa shape index (κ2) is 4.82. The molecule has 0 saturated carbocycles. The molecule has 0 aliphatic heterocycles. The van der Waals surface area contributed by atoms with Crippen LogP contribution in [0, 0.1) is 11.3 Å². The van der Waals surface area contributed by atoms with E-state index >= 15 is 0 Å². The molecule has 0 fully saturated rings. The van der Waals surface area contributed by atoms with Crippen LogP contribution in [0.15, 0.2) is 12.3 Å². The number of ether oxygens (including phenoxy) is 1. The number of alkyl halides is 3. The predicted molar refractivity (Wildman–Crippen MR) is 49.7 cm³/mol. The van der Waals surface area contributed by atoms with Gasteiger partial charge < -0.3 is 4.74 Å². The van der Waals surface area contributed by atoms with Crippen LogP contribution in [0.5, 0.6) is 0 Å². The summed E-state index contributed by atoms with van der Waals surface area (Å²) in [5.74, 6) is -0.721. The molecule has 1 rings (SSSR count). The summed E-state index contributed by atoms with van der Waals surface area (Å²) in [6, 6.07) is 2.34. The number of halogens is 3. The molecule has 0 radical (unpaired) electrons. The van der Waals surface area contributed by atoms with Crippen molar-refractivity contribution < 1.29 is 22.7 Å². The molecule has 1 aromatic rings. The minimum atomic E-state index is -4.61. The van der Waals surface area contributed by atoms with Crippen LogP contribution in [0.25, 0.3) is 0 Å². The number of hydrogen-bond acceptors (Lipinski definition) is 4. The van der Waals surface area contributed by atoms with Crippen LogP contribution in [0.2, 0.25) is 0 Å². The minimum absolute atomic E-state index is 0.0540. The lowest BCUT2D eigenvalue weighted by Gasteiger charge is -2.08. The molecule has 0 amide bonds. The Hall–Kier alpha value is -2.10. The molecule has 0 bridgehead atoms. The number of nitriles is 1. The normalized spacial score (nSPS) is 10.8. The van der Waals surface area contributed by atoms with Gasteiger partial charge in [-0.1, -0.05) is 0 Å². The molecule has 0 N–H and O–H groups in total. The van der Waals surface area contributed by atoms with Gasteiger partial charge in [-0.15, -0.1) is 0 Å². The highest BCUT2D eigenvalue weighted by molar-refractivity contribution is 5.73. The van der Waals surface area contributed by atoms with Crippen molar-refractivity contribution in [2.75, 3.05) is 7.11 Å². The summed E-state index contributed by atoms with van der Waals surface area (Å²) >= 11 is 0. The van der Waals surface area contributed by atoms with Gasteiger partial charge in [0.05, 0.1) is 19.1 Å². The second-order valence-corrected chi connectivity index (χ2v) is 3.09. The summed E-state index contributed by atoms with van der Waals surface area (Å²) in [6.07, 6.45) is -4.22. The molecule has 4 nitrogen and oxygen atoms in total. The van der Waals surface area contributed by atoms with Gasteiger partial charge >= 0.3 is 12.1 Å². The molecule has 17 heavy (non-hydrogen) atoms. The van der Waals surface area contributed by atoms with E-state index < -0.39 is 24.3 Å². The molecular weight excluding hydrogens is 237 g/mol. The molecular formula is C10H7F3N2O2. The Balaban J connectivity index is 3.17. The number of methoxy groups -OCH3 is 1. The van der Waals surface area contributed by atoms with Crippen molar-refractivity contribution >= 4 is 5.97 Å². The number of carbonyl (C=O) groups is 1. The maximum absolute atomic E-state index is 12.4. The topological polar surface area (TPSA) is 63.0 Å². The number of aromatic nitrogens is 1. The smallest absolute Gasteiger partial charge is 0.433 e. The summed E-state index contributed by atoms with van der Waals surface area (Å²) in [5, 5.41) is 8.67. The van der Waals surface area contributed by atoms with E-state index in [4.69, 9.17) is 5.26 Å². The SMILES string of the molecule is COC(=O)Cc1cc(C(F)(F)F)ncc1C#N. The largest absolute Gasteiger partial charge is 0.469 e. The van der Waals surface area contributed by atoms with Crippen molar-refractivity contribution in [1.29, 1.82) is 5.26 Å². The first kappa shape index (κ1) is 13.0. The molecule has 0 saturated heterocycles. The van der Waals surface area contributed by atoms with Crippen LogP contribution in [-0.2, 0) is 22.1 Å². The number of nitrogens with zero attached hydrogens (tertiary/aromatic N) is 2. The fraction of sp³-hybridized carbons (Fsp3) is 0.300. The first-order valence-corrected chi connectivity index (χ1v) is 4.41. The Labute approximate surface area is 94.6 Å². The number of hydrogen-bond donors (Lipinski definition) is 0. The number of rotatable bonds is 2. The predicted octanol–water partition coefficient (Wildman–Crippen LogP) is 1.69. The van der Waals surface area contributed by atoms with Crippen LogP contribution in [-0.4, -0.2) is 18.1 Å². The van der Waals surface area contributed by atoms with Gasteiger partial charge in [0, 0.05) is 6.20 Å². The van der Waals surface area contributed by atoms with Crippen molar-refractivity contribution in [3.63, 3.8) is 0 Å². The summed E-state index contributed by atoms with van der Waals surface area (Å²) in [6.45, 7) is 0. The zero-order valence-corrected chi connectivity index (χ0v) is 8.71. The molecule has 0 aliphatic rings. The third-order valence-corrected chi connectivity index (χ3v) is 1.96. The van der Waals surface area contributed by atoms with Crippen LogP contribution >= 0.6 is 0 Å². The molecule has 0 unspecified atom stereocenters. The van der Waals surface area contributed by atoms with E-state index in [1.807, 2.05) is 0 Å². The van der Waals surface area contributed by atoms with Crippen LogP contribution in [0.1, 0.15) is 16.8 Å². The monoisotopic (exact) mass is 244 g/mol. The molecule has 0 spiro atoms. The standard InChI is InChI=1S/C10H7F3N2O2/c1-17-9(16)3-6-2-8(10(11,12)13)15-5-7(6)4-14/h2,5H,3H2,1H3.